The molecule has 1 N–H and O–H groups in total. The van der Waals surface area contributed by atoms with Crippen molar-refractivity contribution in [3.8, 4) is 0 Å². The zero-order chi connectivity index (χ0) is 12.6. The monoisotopic (exact) mass is 268 g/mol. The first-order chi connectivity index (χ1) is 8.84. The van der Waals surface area contributed by atoms with E-state index in [-0.39, 0.29) is 0 Å². The third kappa shape index (κ3) is 5.06. The van der Waals surface area contributed by atoms with E-state index in [1.165, 1.54) is 24.1 Å². The summed E-state index contributed by atoms with van der Waals surface area (Å²) in [5, 5.41) is 5.61. The molecule has 0 bridgehead atoms. The average molecular weight is 268 g/mol. The summed E-state index contributed by atoms with van der Waals surface area (Å²) in [6.07, 6.45) is 4.26. The SMILES string of the molecule is CN(CCNCc1cccs1)CC1CCCCO1. The van der Waals surface area contributed by atoms with E-state index in [1.54, 1.807) is 0 Å². The maximum atomic E-state index is 5.75. The molecule has 18 heavy (non-hydrogen) atoms. The minimum Gasteiger partial charge on any atom is -0.377 e. The largest absolute Gasteiger partial charge is 0.377 e. The molecule has 4 heteroatoms. The molecule has 0 amide bonds. The van der Waals surface area contributed by atoms with Crippen molar-refractivity contribution in [1.82, 2.24) is 10.2 Å². The molecule has 0 aliphatic carbocycles. The second-order valence-electron chi connectivity index (χ2n) is 5.01. The van der Waals surface area contributed by atoms with Gasteiger partial charge in [-0.2, -0.15) is 0 Å². The highest BCUT2D eigenvalue weighted by Crippen LogP contribution is 2.13. The molecule has 1 atom stereocenters. The van der Waals surface area contributed by atoms with Gasteiger partial charge in [-0.25, -0.2) is 0 Å². The Hall–Kier alpha value is -0.420. The number of ether oxygens (including phenoxy) is 1. The Labute approximate surface area is 114 Å². The average Bonchev–Trinajstić information content (AvgIpc) is 2.89. The minimum atomic E-state index is 0.459. The van der Waals surface area contributed by atoms with E-state index < -0.39 is 0 Å². The standard InChI is InChI=1S/C14H24N2OS/c1-16(12-13-5-2-3-9-17-13)8-7-15-11-14-6-4-10-18-14/h4,6,10,13,15H,2-3,5,7-9,11-12H2,1H3. The zero-order valence-corrected chi connectivity index (χ0v) is 12.0. The highest BCUT2D eigenvalue weighted by atomic mass is 32.1. The van der Waals surface area contributed by atoms with Gasteiger partial charge in [-0.05, 0) is 37.8 Å². The molecule has 0 aromatic carbocycles. The highest BCUT2D eigenvalue weighted by molar-refractivity contribution is 7.09. The van der Waals surface area contributed by atoms with Crippen LogP contribution in [0, 0.1) is 0 Å². The summed E-state index contributed by atoms with van der Waals surface area (Å²) in [4.78, 5) is 3.78. The lowest BCUT2D eigenvalue weighted by molar-refractivity contribution is -0.00123. The van der Waals surface area contributed by atoms with Gasteiger partial charge in [0.15, 0.2) is 0 Å². The first-order valence-electron chi connectivity index (χ1n) is 6.88. The Morgan fingerprint density at radius 1 is 1.50 bits per heavy atom. The number of hydrogen-bond acceptors (Lipinski definition) is 4. The molecule has 1 unspecified atom stereocenters. The first-order valence-corrected chi connectivity index (χ1v) is 7.76. The van der Waals surface area contributed by atoms with Crippen LogP contribution >= 0.6 is 11.3 Å². The molecule has 0 radical (unpaired) electrons. The van der Waals surface area contributed by atoms with Crippen molar-refractivity contribution in [3.63, 3.8) is 0 Å². The lowest BCUT2D eigenvalue weighted by Gasteiger charge is -2.27. The predicted molar refractivity (Wildman–Crippen MR) is 77.1 cm³/mol. The van der Waals surface area contributed by atoms with E-state index in [0.717, 1.165) is 32.8 Å². The zero-order valence-electron chi connectivity index (χ0n) is 11.2. The van der Waals surface area contributed by atoms with Crippen molar-refractivity contribution in [2.24, 2.45) is 0 Å². The third-order valence-corrected chi connectivity index (χ3v) is 4.22. The summed E-state index contributed by atoms with van der Waals surface area (Å²) in [7, 11) is 2.19. The van der Waals surface area contributed by atoms with Crippen LogP contribution in [0.5, 0.6) is 0 Å². The Balaban J connectivity index is 1.52. The molecular formula is C14H24N2OS. The topological polar surface area (TPSA) is 24.5 Å². The number of likely N-dealkylation sites (N-methyl/N-ethyl adjacent to an activating group) is 1. The van der Waals surface area contributed by atoms with Gasteiger partial charge < -0.3 is 15.0 Å². The molecule has 2 rings (SSSR count). The molecule has 102 valence electrons. The quantitative estimate of drug-likeness (QED) is 0.768. The molecule has 1 aromatic rings. The van der Waals surface area contributed by atoms with Crippen molar-refractivity contribution in [1.29, 1.82) is 0 Å². The Morgan fingerprint density at radius 3 is 3.17 bits per heavy atom. The van der Waals surface area contributed by atoms with E-state index in [4.69, 9.17) is 4.74 Å². The molecule has 1 aliphatic heterocycles. The van der Waals surface area contributed by atoms with Crippen LogP contribution < -0.4 is 5.32 Å². The van der Waals surface area contributed by atoms with E-state index in [2.05, 4.69) is 34.8 Å². The van der Waals surface area contributed by atoms with Gasteiger partial charge in [0.25, 0.3) is 0 Å². The molecule has 1 saturated heterocycles. The van der Waals surface area contributed by atoms with Gasteiger partial charge in [-0.15, -0.1) is 11.3 Å². The summed E-state index contributed by atoms with van der Waals surface area (Å²) in [6, 6.07) is 4.28. The molecule has 0 saturated carbocycles. The Morgan fingerprint density at radius 2 is 2.44 bits per heavy atom. The Kier molecular flexibility index (Phi) is 6.14. The van der Waals surface area contributed by atoms with Gasteiger partial charge in [0, 0.05) is 37.7 Å². The highest BCUT2D eigenvalue weighted by Gasteiger charge is 2.15. The fourth-order valence-corrected chi connectivity index (χ4v) is 2.96. The van der Waals surface area contributed by atoms with E-state index in [0.29, 0.717) is 6.10 Å². The number of thiophene rings is 1. The molecular weight excluding hydrogens is 244 g/mol. The van der Waals surface area contributed by atoms with Gasteiger partial charge in [-0.3, -0.25) is 0 Å². The van der Waals surface area contributed by atoms with Crippen molar-refractivity contribution in [2.75, 3.05) is 33.3 Å². The summed E-state index contributed by atoms with van der Waals surface area (Å²) in [5.41, 5.74) is 0. The molecule has 3 nitrogen and oxygen atoms in total. The minimum absolute atomic E-state index is 0.459. The van der Waals surface area contributed by atoms with E-state index >= 15 is 0 Å². The predicted octanol–water partition coefficient (Wildman–Crippen LogP) is 2.34. The normalized spacial score (nSPS) is 20.4. The maximum Gasteiger partial charge on any atom is 0.0701 e. The van der Waals surface area contributed by atoms with Crippen LogP contribution in [0.25, 0.3) is 0 Å². The fraction of sp³-hybridized carbons (Fsp3) is 0.714. The van der Waals surface area contributed by atoms with Gasteiger partial charge in [0.2, 0.25) is 0 Å². The van der Waals surface area contributed by atoms with Crippen LogP contribution in [0.3, 0.4) is 0 Å². The molecule has 1 aliphatic rings. The van der Waals surface area contributed by atoms with Crippen molar-refractivity contribution in [3.05, 3.63) is 22.4 Å². The van der Waals surface area contributed by atoms with Crippen LogP contribution in [-0.4, -0.2) is 44.3 Å². The summed E-state index contributed by atoms with van der Waals surface area (Å²) < 4.78 is 5.75. The molecule has 1 aromatic heterocycles. The maximum absolute atomic E-state index is 5.75. The number of hydrogen-bond donors (Lipinski definition) is 1. The number of nitrogens with one attached hydrogen (secondary N) is 1. The second kappa shape index (κ2) is 7.89. The van der Waals surface area contributed by atoms with Crippen molar-refractivity contribution < 1.29 is 4.74 Å². The van der Waals surface area contributed by atoms with Crippen LogP contribution in [0.2, 0.25) is 0 Å². The second-order valence-corrected chi connectivity index (χ2v) is 6.04. The van der Waals surface area contributed by atoms with Gasteiger partial charge in [0.1, 0.15) is 0 Å². The van der Waals surface area contributed by atoms with Crippen LogP contribution in [0.4, 0.5) is 0 Å². The smallest absolute Gasteiger partial charge is 0.0701 e. The van der Waals surface area contributed by atoms with Gasteiger partial charge in [-0.1, -0.05) is 6.07 Å². The molecule has 0 spiro atoms. The number of nitrogens with zero attached hydrogens (tertiary/aromatic N) is 1. The lowest BCUT2D eigenvalue weighted by Crippen LogP contribution is -2.36. The van der Waals surface area contributed by atoms with Crippen molar-refractivity contribution >= 4 is 11.3 Å². The van der Waals surface area contributed by atoms with Gasteiger partial charge >= 0.3 is 0 Å². The first kappa shape index (κ1) is 14.0. The summed E-state index contributed by atoms with van der Waals surface area (Å²) >= 11 is 1.81. The van der Waals surface area contributed by atoms with E-state index in [1.807, 2.05) is 11.3 Å². The van der Waals surface area contributed by atoms with Crippen LogP contribution in [-0.2, 0) is 11.3 Å². The third-order valence-electron chi connectivity index (χ3n) is 3.34. The number of rotatable bonds is 7. The van der Waals surface area contributed by atoms with Crippen LogP contribution in [0.15, 0.2) is 17.5 Å². The Bertz CT molecular complexity index is 310. The van der Waals surface area contributed by atoms with E-state index in [9.17, 15) is 0 Å². The molecule has 2 heterocycles. The fourth-order valence-electron chi connectivity index (χ4n) is 2.28. The summed E-state index contributed by atoms with van der Waals surface area (Å²) in [5.74, 6) is 0. The molecule has 1 fully saturated rings. The van der Waals surface area contributed by atoms with Crippen molar-refractivity contribution in [2.45, 2.75) is 31.9 Å². The van der Waals surface area contributed by atoms with Crippen LogP contribution in [0.1, 0.15) is 24.1 Å². The summed E-state index contributed by atoms with van der Waals surface area (Å²) in [6.45, 7) is 5.15. The lowest BCUT2D eigenvalue weighted by atomic mass is 10.1. The van der Waals surface area contributed by atoms with Gasteiger partial charge in [0.05, 0.1) is 6.10 Å².